The molecule has 1 amide bonds. The molecule has 0 aromatic carbocycles. The molecule has 2 saturated heterocycles. The molecule has 2 atom stereocenters. The molecule has 1 N–H and O–H groups in total. The van der Waals surface area contributed by atoms with E-state index >= 15 is 0 Å². The number of fused-ring (bicyclic) bond motifs is 1. The fraction of sp³-hybridized carbons (Fsp3) is 0.500. The van der Waals surface area contributed by atoms with E-state index in [4.69, 9.17) is 14.3 Å². The van der Waals surface area contributed by atoms with Crippen LogP contribution in [0.15, 0.2) is 35.4 Å². The molecule has 4 heterocycles. The summed E-state index contributed by atoms with van der Waals surface area (Å²) < 4.78 is 38.6. The third-order valence-electron chi connectivity index (χ3n) is 5.11. The van der Waals surface area contributed by atoms with Crippen LogP contribution in [0.25, 0.3) is 0 Å². The third-order valence-corrected chi connectivity index (χ3v) is 5.11. The molecule has 4 rings (SSSR count). The minimum absolute atomic E-state index is 0.116. The zero-order chi connectivity index (χ0) is 21.2. The number of carbonyl (C=O) groups is 2. The Morgan fingerprint density at radius 1 is 1.28 bits per heavy atom. The molecular weight excluding hydrogens is 393 g/mol. The molecule has 0 saturated carbocycles. The molecule has 0 radical (unpaired) electrons. The van der Waals surface area contributed by atoms with Crippen LogP contribution >= 0.6 is 0 Å². The number of hydrogen-bond donors (Lipinski definition) is 1. The Morgan fingerprint density at radius 3 is 2.52 bits per heavy atom. The molecular formula is C18H21F3N4O4. The van der Waals surface area contributed by atoms with Crippen molar-refractivity contribution < 1.29 is 32.3 Å². The van der Waals surface area contributed by atoms with Gasteiger partial charge in [0.1, 0.15) is 0 Å². The van der Waals surface area contributed by atoms with Gasteiger partial charge in [-0.2, -0.15) is 18.3 Å². The van der Waals surface area contributed by atoms with E-state index in [9.17, 15) is 18.0 Å². The molecule has 29 heavy (non-hydrogen) atoms. The Labute approximate surface area is 164 Å². The summed E-state index contributed by atoms with van der Waals surface area (Å²) in [6.07, 6.45) is 4.00. The standard InChI is InChI=1S/C16H20N4O2.C2HF3O2/c1-18-10-13(8-17-18)16(21)20-6-3-14-15(20)2-5-19(14)9-12-4-7-22-11-12;3-2(4,5)1(6)7/h4,7-8,10-11,14-15H,2-3,5-6,9H2,1H3;(H,6,7)/t14-,15+;/m1./s1. The van der Waals surface area contributed by atoms with Gasteiger partial charge in [0.05, 0.1) is 24.3 Å². The summed E-state index contributed by atoms with van der Waals surface area (Å²) in [6, 6.07) is 2.82. The number of nitrogens with zero attached hydrogens (tertiary/aromatic N) is 4. The van der Waals surface area contributed by atoms with Gasteiger partial charge in [0, 0.05) is 50.5 Å². The lowest BCUT2D eigenvalue weighted by Gasteiger charge is -2.25. The van der Waals surface area contributed by atoms with Crippen LogP contribution in [0.2, 0.25) is 0 Å². The van der Waals surface area contributed by atoms with Crippen molar-refractivity contribution >= 4 is 11.9 Å². The lowest BCUT2D eigenvalue weighted by Crippen LogP contribution is -2.39. The summed E-state index contributed by atoms with van der Waals surface area (Å²) in [5.41, 5.74) is 1.90. The molecule has 0 spiro atoms. The zero-order valence-electron chi connectivity index (χ0n) is 15.7. The highest BCUT2D eigenvalue weighted by atomic mass is 19.4. The third kappa shape index (κ3) is 4.78. The number of aliphatic carboxylic acids is 1. The number of alkyl halides is 3. The van der Waals surface area contributed by atoms with Crippen molar-refractivity contribution in [1.82, 2.24) is 19.6 Å². The maximum Gasteiger partial charge on any atom is 0.490 e. The van der Waals surface area contributed by atoms with E-state index in [2.05, 4.69) is 10.00 Å². The van der Waals surface area contributed by atoms with Crippen molar-refractivity contribution in [3.8, 4) is 0 Å². The van der Waals surface area contributed by atoms with Crippen LogP contribution in [0.5, 0.6) is 0 Å². The van der Waals surface area contributed by atoms with Gasteiger partial charge in [-0.25, -0.2) is 4.79 Å². The molecule has 2 fully saturated rings. The molecule has 8 nitrogen and oxygen atoms in total. The van der Waals surface area contributed by atoms with Crippen molar-refractivity contribution in [2.45, 2.75) is 37.6 Å². The number of hydrogen-bond acceptors (Lipinski definition) is 5. The highest BCUT2D eigenvalue weighted by Crippen LogP contribution is 2.33. The first kappa shape index (κ1) is 20.9. The van der Waals surface area contributed by atoms with Gasteiger partial charge in [-0.1, -0.05) is 0 Å². The number of aryl methyl sites for hydroxylation is 1. The largest absolute Gasteiger partial charge is 0.490 e. The van der Waals surface area contributed by atoms with Gasteiger partial charge in [0.15, 0.2) is 0 Å². The number of rotatable bonds is 3. The minimum Gasteiger partial charge on any atom is -0.475 e. The zero-order valence-corrected chi connectivity index (χ0v) is 15.7. The Hall–Kier alpha value is -2.82. The van der Waals surface area contributed by atoms with Gasteiger partial charge in [0.2, 0.25) is 0 Å². The molecule has 0 aliphatic carbocycles. The number of aromatic nitrogens is 2. The second-order valence-electron chi connectivity index (χ2n) is 7.02. The number of furan rings is 1. The highest BCUT2D eigenvalue weighted by Gasteiger charge is 2.44. The van der Waals surface area contributed by atoms with E-state index in [0.29, 0.717) is 17.6 Å². The van der Waals surface area contributed by atoms with Crippen LogP contribution in [0.3, 0.4) is 0 Å². The lowest BCUT2D eigenvalue weighted by molar-refractivity contribution is -0.192. The number of halogens is 3. The fourth-order valence-electron chi connectivity index (χ4n) is 3.84. The van der Waals surface area contributed by atoms with Crippen LogP contribution in [0.4, 0.5) is 13.2 Å². The summed E-state index contributed by atoms with van der Waals surface area (Å²) in [5, 5.41) is 11.2. The number of carboxylic acids is 1. The first-order valence-corrected chi connectivity index (χ1v) is 9.01. The van der Waals surface area contributed by atoms with Crippen LogP contribution < -0.4 is 0 Å². The van der Waals surface area contributed by atoms with Crippen LogP contribution in [0.1, 0.15) is 28.8 Å². The Balaban J connectivity index is 0.000000298. The van der Waals surface area contributed by atoms with E-state index < -0.39 is 12.1 Å². The molecule has 2 aromatic rings. The summed E-state index contributed by atoms with van der Waals surface area (Å²) in [4.78, 5) is 26.1. The van der Waals surface area contributed by atoms with Crippen molar-refractivity contribution in [2.24, 2.45) is 7.05 Å². The van der Waals surface area contributed by atoms with E-state index in [-0.39, 0.29) is 5.91 Å². The molecule has 2 aliphatic heterocycles. The van der Waals surface area contributed by atoms with Crippen molar-refractivity contribution in [3.05, 3.63) is 42.1 Å². The average Bonchev–Trinajstić information content (AvgIpc) is 3.41. The molecule has 2 aromatic heterocycles. The number of likely N-dealkylation sites (tertiary alicyclic amines) is 2. The monoisotopic (exact) mass is 414 g/mol. The van der Waals surface area contributed by atoms with Crippen molar-refractivity contribution in [3.63, 3.8) is 0 Å². The predicted molar refractivity (Wildman–Crippen MR) is 93.9 cm³/mol. The van der Waals surface area contributed by atoms with Gasteiger partial charge in [-0.15, -0.1) is 0 Å². The quantitative estimate of drug-likeness (QED) is 0.828. The lowest BCUT2D eigenvalue weighted by atomic mass is 10.1. The smallest absolute Gasteiger partial charge is 0.475 e. The van der Waals surface area contributed by atoms with E-state index in [1.54, 1.807) is 29.6 Å². The Bertz CT molecular complexity index is 850. The van der Waals surface area contributed by atoms with Crippen molar-refractivity contribution in [1.29, 1.82) is 0 Å². The number of amides is 1. The minimum atomic E-state index is -5.08. The molecule has 0 unspecified atom stereocenters. The maximum absolute atomic E-state index is 12.7. The predicted octanol–water partition coefficient (Wildman–Crippen LogP) is 2.14. The molecule has 11 heteroatoms. The second-order valence-corrected chi connectivity index (χ2v) is 7.02. The number of carboxylic acid groups (broad SMARTS) is 1. The van der Waals surface area contributed by atoms with Gasteiger partial charge >= 0.3 is 12.1 Å². The van der Waals surface area contributed by atoms with E-state index in [1.807, 2.05) is 18.0 Å². The fourth-order valence-corrected chi connectivity index (χ4v) is 3.84. The molecule has 2 aliphatic rings. The topological polar surface area (TPSA) is 91.8 Å². The normalized spacial score (nSPS) is 21.6. The first-order valence-electron chi connectivity index (χ1n) is 9.01. The Kier molecular flexibility index (Phi) is 5.96. The number of carbonyl (C=O) groups excluding carboxylic acids is 1. The van der Waals surface area contributed by atoms with E-state index in [0.717, 1.165) is 32.5 Å². The molecule has 0 bridgehead atoms. The summed E-state index contributed by atoms with van der Waals surface area (Å²) >= 11 is 0. The maximum atomic E-state index is 12.7. The van der Waals surface area contributed by atoms with Crippen LogP contribution in [-0.4, -0.2) is 67.9 Å². The van der Waals surface area contributed by atoms with E-state index in [1.165, 1.54) is 5.56 Å². The van der Waals surface area contributed by atoms with Gasteiger partial charge < -0.3 is 14.4 Å². The van der Waals surface area contributed by atoms with Gasteiger partial charge in [0.25, 0.3) is 5.91 Å². The first-order chi connectivity index (χ1) is 13.7. The summed E-state index contributed by atoms with van der Waals surface area (Å²) in [7, 11) is 1.84. The summed E-state index contributed by atoms with van der Waals surface area (Å²) in [5.74, 6) is -2.64. The second kappa shape index (κ2) is 8.27. The molecule has 158 valence electrons. The van der Waals surface area contributed by atoms with Gasteiger partial charge in [-0.3, -0.25) is 14.4 Å². The summed E-state index contributed by atoms with van der Waals surface area (Å²) in [6.45, 7) is 2.79. The van der Waals surface area contributed by atoms with Crippen LogP contribution in [-0.2, 0) is 18.4 Å². The highest BCUT2D eigenvalue weighted by molar-refractivity contribution is 5.94. The average molecular weight is 414 g/mol. The Morgan fingerprint density at radius 2 is 1.97 bits per heavy atom. The SMILES string of the molecule is Cn1cc(C(=O)N2CC[C@@H]3[C@@H]2CCN3Cc2ccoc2)cn1.O=C(O)C(F)(F)F. The van der Waals surface area contributed by atoms with Crippen LogP contribution in [0, 0.1) is 0 Å². The van der Waals surface area contributed by atoms with Crippen molar-refractivity contribution in [2.75, 3.05) is 13.1 Å². The van der Waals surface area contributed by atoms with Gasteiger partial charge in [-0.05, 0) is 18.9 Å².